The van der Waals surface area contributed by atoms with Gasteiger partial charge in [0.2, 0.25) is 5.67 Å². The molecule has 0 amide bonds. The van der Waals surface area contributed by atoms with Crippen molar-refractivity contribution in [2.45, 2.75) is 68.8 Å². The Morgan fingerprint density at radius 3 is 1.32 bits per heavy atom. The van der Waals surface area contributed by atoms with Gasteiger partial charge in [0.15, 0.2) is 0 Å². The second kappa shape index (κ2) is 10.5. The quantitative estimate of drug-likeness (QED) is 0.139. The van der Waals surface area contributed by atoms with Gasteiger partial charge >= 0.3 is 36.3 Å². The predicted molar refractivity (Wildman–Crippen MR) is 97.5 cm³/mol. The van der Waals surface area contributed by atoms with Crippen LogP contribution in [0.1, 0.15) is 38.3 Å². The molecule has 0 heterocycles. The first kappa shape index (κ1) is 32.7. The van der Waals surface area contributed by atoms with Gasteiger partial charge in [-0.25, -0.2) is 9.18 Å². The number of esters is 1. The van der Waals surface area contributed by atoms with E-state index in [1.54, 1.807) is 0 Å². The zero-order valence-corrected chi connectivity index (χ0v) is 19.0. The Kier molecular flexibility index (Phi) is 9.25. The van der Waals surface area contributed by atoms with Gasteiger partial charge in [-0.15, -0.1) is 0 Å². The minimum Gasteiger partial charge on any atom is -0.432 e. The summed E-state index contributed by atoms with van der Waals surface area (Å²) in [5, 5.41) is 0. The van der Waals surface area contributed by atoms with Crippen molar-refractivity contribution in [1.82, 2.24) is 0 Å². The molecular formula is C20H19F13O4. The average molecular weight is 570 g/mol. The van der Waals surface area contributed by atoms with Crippen LogP contribution >= 0.6 is 0 Å². The molecule has 37 heavy (non-hydrogen) atoms. The standard InChI is InChI=1S/C20H19F13O4/c1-4-14(3,21)13(34)37-16(19(28,29)30,20(31,32)33)12-8-6-11(7-9-12)15(17(22,23)24,18(25,26)27)36-10-35-5-2/h6-9H,4-5,10H2,1-3H3. The third-order valence-electron chi connectivity index (χ3n) is 5.19. The number of halogens is 13. The van der Waals surface area contributed by atoms with Gasteiger partial charge in [-0.05, 0) is 20.3 Å². The van der Waals surface area contributed by atoms with Crippen molar-refractivity contribution in [2.24, 2.45) is 0 Å². The molecule has 17 heteroatoms. The Bertz CT molecular complexity index is 885. The van der Waals surface area contributed by atoms with Crippen molar-refractivity contribution < 1.29 is 76.1 Å². The van der Waals surface area contributed by atoms with Gasteiger partial charge in [0, 0.05) is 17.7 Å². The molecule has 1 atom stereocenters. The molecule has 1 aromatic rings. The third kappa shape index (κ3) is 5.91. The van der Waals surface area contributed by atoms with Crippen molar-refractivity contribution in [1.29, 1.82) is 0 Å². The summed E-state index contributed by atoms with van der Waals surface area (Å²) in [6.07, 6.45) is -26.8. The molecule has 214 valence electrons. The van der Waals surface area contributed by atoms with E-state index >= 15 is 0 Å². The Hall–Kier alpha value is -2.30. The highest BCUT2D eigenvalue weighted by Gasteiger charge is 2.77. The fourth-order valence-corrected chi connectivity index (χ4v) is 2.94. The van der Waals surface area contributed by atoms with E-state index in [9.17, 15) is 61.9 Å². The van der Waals surface area contributed by atoms with E-state index in [-0.39, 0.29) is 12.1 Å². The van der Waals surface area contributed by atoms with Gasteiger partial charge in [0.05, 0.1) is 0 Å². The van der Waals surface area contributed by atoms with Crippen molar-refractivity contribution >= 4 is 5.97 Å². The molecule has 0 aliphatic rings. The Balaban J connectivity index is 3.92. The minimum atomic E-state index is -6.59. The lowest BCUT2D eigenvalue weighted by Gasteiger charge is -2.39. The van der Waals surface area contributed by atoms with Gasteiger partial charge < -0.3 is 14.2 Å². The highest BCUT2D eigenvalue weighted by atomic mass is 19.4. The maximum atomic E-state index is 14.2. The van der Waals surface area contributed by atoms with E-state index in [2.05, 4.69) is 14.2 Å². The number of rotatable bonds is 9. The number of carbonyl (C=O) groups is 1. The molecular weight excluding hydrogens is 551 g/mol. The van der Waals surface area contributed by atoms with Crippen LogP contribution in [-0.4, -0.2) is 49.7 Å². The molecule has 0 radical (unpaired) electrons. The summed E-state index contributed by atoms with van der Waals surface area (Å²) in [7, 11) is 0. The van der Waals surface area contributed by atoms with E-state index in [0.717, 1.165) is 6.92 Å². The average Bonchev–Trinajstić information content (AvgIpc) is 2.71. The molecule has 0 bridgehead atoms. The van der Waals surface area contributed by atoms with Crippen molar-refractivity contribution in [3.8, 4) is 0 Å². The van der Waals surface area contributed by atoms with E-state index < -0.39 is 90.6 Å². The molecule has 1 unspecified atom stereocenters. The Labute approximate surface area is 200 Å². The number of benzene rings is 1. The van der Waals surface area contributed by atoms with Gasteiger partial charge in [-0.2, -0.15) is 52.7 Å². The van der Waals surface area contributed by atoms with Crippen LogP contribution in [0.3, 0.4) is 0 Å². The number of ether oxygens (including phenoxy) is 3. The lowest BCUT2D eigenvalue weighted by molar-refractivity contribution is -0.401. The Morgan fingerprint density at radius 2 is 1.03 bits per heavy atom. The third-order valence-corrected chi connectivity index (χ3v) is 5.19. The highest BCUT2D eigenvalue weighted by Crippen LogP contribution is 2.56. The van der Waals surface area contributed by atoms with Crippen LogP contribution in [0.5, 0.6) is 0 Å². The molecule has 0 aliphatic carbocycles. The predicted octanol–water partition coefficient (Wildman–Crippen LogP) is 7.02. The molecule has 1 rings (SSSR count). The smallest absolute Gasteiger partial charge is 0.432 e. The first-order chi connectivity index (χ1) is 16.5. The van der Waals surface area contributed by atoms with E-state index in [1.165, 1.54) is 6.92 Å². The summed E-state index contributed by atoms with van der Waals surface area (Å²) in [6.45, 7) is 0.343. The van der Waals surface area contributed by atoms with Crippen LogP contribution in [-0.2, 0) is 30.2 Å². The highest BCUT2D eigenvalue weighted by molar-refractivity contribution is 5.79. The van der Waals surface area contributed by atoms with E-state index in [4.69, 9.17) is 0 Å². The van der Waals surface area contributed by atoms with E-state index in [0.29, 0.717) is 6.92 Å². The van der Waals surface area contributed by atoms with Gasteiger partial charge in [-0.1, -0.05) is 31.2 Å². The monoisotopic (exact) mass is 570 g/mol. The summed E-state index contributed by atoms with van der Waals surface area (Å²) < 4.78 is 191. The molecule has 1 aromatic carbocycles. The second-order valence-electron chi connectivity index (χ2n) is 7.63. The summed E-state index contributed by atoms with van der Waals surface area (Å²) in [4.78, 5) is 11.9. The summed E-state index contributed by atoms with van der Waals surface area (Å²) >= 11 is 0. The lowest BCUT2D eigenvalue weighted by Crippen LogP contribution is -2.58. The van der Waals surface area contributed by atoms with Crippen LogP contribution in [0.25, 0.3) is 0 Å². The molecule has 0 aromatic heterocycles. The van der Waals surface area contributed by atoms with Crippen LogP contribution in [0.15, 0.2) is 24.3 Å². The maximum absolute atomic E-state index is 14.2. The molecule has 0 saturated carbocycles. The van der Waals surface area contributed by atoms with Crippen LogP contribution < -0.4 is 0 Å². The summed E-state index contributed by atoms with van der Waals surface area (Å²) in [5.41, 5.74) is -18.4. The largest absolute Gasteiger partial charge is 0.442 e. The number of alkyl halides is 13. The lowest BCUT2D eigenvalue weighted by atomic mass is 9.86. The van der Waals surface area contributed by atoms with Crippen molar-refractivity contribution in [3.63, 3.8) is 0 Å². The number of hydrogen-bond donors (Lipinski definition) is 0. The molecule has 0 fully saturated rings. The number of carbonyl (C=O) groups excluding carboxylic acids is 1. The first-order valence-corrected chi connectivity index (χ1v) is 9.98. The minimum absolute atomic E-state index is 0.312. The summed E-state index contributed by atoms with van der Waals surface area (Å²) in [5.74, 6) is -2.63. The molecule has 4 nitrogen and oxygen atoms in total. The zero-order chi connectivity index (χ0) is 29.3. The van der Waals surface area contributed by atoms with Gasteiger partial charge in [0.1, 0.15) is 6.79 Å². The van der Waals surface area contributed by atoms with Crippen molar-refractivity contribution in [2.75, 3.05) is 13.4 Å². The molecule has 0 saturated heterocycles. The molecule has 0 aliphatic heterocycles. The maximum Gasteiger partial charge on any atom is 0.442 e. The van der Waals surface area contributed by atoms with Gasteiger partial charge in [0.25, 0.3) is 5.60 Å². The normalized spacial score (nSPS) is 15.9. The first-order valence-electron chi connectivity index (χ1n) is 9.98. The second-order valence-corrected chi connectivity index (χ2v) is 7.63. The van der Waals surface area contributed by atoms with E-state index in [1.807, 2.05) is 0 Å². The van der Waals surface area contributed by atoms with Crippen LogP contribution in [0.4, 0.5) is 57.1 Å². The topological polar surface area (TPSA) is 44.8 Å². The fourth-order valence-electron chi connectivity index (χ4n) is 2.94. The summed E-state index contributed by atoms with van der Waals surface area (Å²) in [6, 6.07) is -1.56. The van der Waals surface area contributed by atoms with Crippen molar-refractivity contribution in [3.05, 3.63) is 35.4 Å². The van der Waals surface area contributed by atoms with Crippen LogP contribution in [0.2, 0.25) is 0 Å². The SMILES string of the molecule is CCOCOC(c1ccc(C(OC(=O)C(C)(F)CC)(C(F)(F)F)C(F)(F)F)cc1)(C(F)(F)F)C(F)(F)F. The van der Waals surface area contributed by atoms with Crippen LogP contribution in [0, 0.1) is 0 Å². The fraction of sp³-hybridized carbons (Fsp3) is 0.650. The molecule has 0 N–H and O–H groups in total. The number of hydrogen-bond acceptors (Lipinski definition) is 4. The zero-order valence-electron chi connectivity index (χ0n) is 19.0. The Morgan fingerprint density at radius 1 is 0.676 bits per heavy atom. The molecule has 0 spiro atoms. The van der Waals surface area contributed by atoms with Gasteiger partial charge in [-0.3, -0.25) is 0 Å².